The van der Waals surface area contributed by atoms with Crippen molar-refractivity contribution in [3.8, 4) is 0 Å². The lowest BCUT2D eigenvalue weighted by Gasteiger charge is -2.22. The molecule has 0 aliphatic carbocycles. The summed E-state index contributed by atoms with van der Waals surface area (Å²) < 4.78 is 0. The van der Waals surface area contributed by atoms with Crippen LogP contribution >= 0.6 is 0 Å². The lowest BCUT2D eigenvalue weighted by Crippen LogP contribution is -2.46. The molecular formula is C17H20N2O. The summed E-state index contributed by atoms with van der Waals surface area (Å²) >= 11 is 0. The molecule has 1 aliphatic rings. The molecule has 1 unspecified atom stereocenters. The van der Waals surface area contributed by atoms with Crippen molar-refractivity contribution >= 4 is 16.7 Å². The molecule has 1 saturated heterocycles. The van der Waals surface area contributed by atoms with Crippen LogP contribution in [0.1, 0.15) is 24.8 Å². The largest absolute Gasteiger partial charge is 0.351 e. The van der Waals surface area contributed by atoms with E-state index in [9.17, 15) is 4.79 Å². The van der Waals surface area contributed by atoms with Gasteiger partial charge in [-0.1, -0.05) is 42.8 Å². The number of amides is 1. The SMILES string of the molecule is O=C(NCc1ccc2ccccc2c1)C1CCCCN1. The zero-order chi connectivity index (χ0) is 13.8. The third kappa shape index (κ3) is 2.99. The number of fused-ring (bicyclic) bond motifs is 1. The molecule has 1 amide bonds. The zero-order valence-electron chi connectivity index (χ0n) is 11.6. The van der Waals surface area contributed by atoms with Gasteiger partial charge in [-0.3, -0.25) is 4.79 Å². The summed E-state index contributed by atoms with van der Waals surface area (Å²) in [6, 6.07) is 14.6. The molecule has 0 bridgehead atoms. The monoisotopic (exact) mass is 268 g/mol. The van der Waals surface area contributed by atoms with Crippen molar-refractivity contribution in [1.29, 1.82) is 0 Å². The maximum atomic E-state index is 12.1. The molecule has 0 radical (unpaired) electrons. The van der Waals surface area contributed by atoms with Gasteiger partial charge in [0.2, 0.25) is 5.91 Å². The van der Waals surface area contributed by atoms with Crippen LogP contribution in [0.25, 0.3) is 10.8 Å². The van der Waals surface area contributed by atoms with E-state index in [1.807, 2.05) is 12.1 Å². The van der Waals surface area contributed by atoms with Crippen LogP contribution in [0.4, 0.5) is 0 Å². The van der Waals surface area contributed by atoms with E-state index in [0.717, 1.165) is 24.9 Å². The van der Waals surface area contributed by atoms with Gasteiger partial charge in [0.1, 0.15) is 0 Å². The second-order valence-corrected chi connectivity index (χ2v) is 5.40. The molecule has 104 valence electrons. The Balaban J connectivity index is 1.62. The summed E-state index contributed by atoms with van der Waals surface area (Å²) in [6.45, 7) is 1.55. The fourth-order valence-electron chi connectivity index (χ4n) is 2.74. The summed E-state index contributed by atoms with van der Waals surface area (Å²) in [4.78, 5) is 12.1. The maximum absolute atomic E-state index is 12.1. The quantitative estimate of drug-likeness (QED) is 0.898. The maximum Gasteiger partial charge on any atom is 0.237 e. The van der Waals surface area contributed by atoms with Gasteiger partial charge in [0, 0.05) is 6.54 Å². The highest BCUT2D eigenvalue weighted by Gasteiger charge is 2.19. The summed E-state index contributed by atoms with van der Waals surface area (Å²) in [5.74, 6) is 0.123. The first-order valence-corrected chi connectivity index (χ1v) is 7.32. The van der Waals surface area contributed by atoms with Crippen molar-refractivity contribution in [1.82, 2.24) is 10.6 Å². The molecule has 1 fully saturated rings. The van der Waals surface area contributed by atoms with Crippen LogP contribution in [0.15, 0.2) is 42.5 Å². The van der Waals surface area contributed by atoms with Gasteiger partial charge < -0.3 is 10.6 Å². The minimum absolute atomic E-state index is 0.00999. The average molecular weight is 268 g/mol. The Labute approximate surface area is 119 Å². The lowest BCUT2D eigenvalue weighted by molar-refractivity contribution is -0.123. The van der Waals surface area contributed by atoms with Gasteiger partial charge >= 0.3 is 0 Å². The number of piperidine rings is 1. The highest BCUT2D eigenvalue weighted by molar-refractivity contribution is 5.84. The van der Waals surface area contributed by atoms with Crippen LogP contribution in [-0.4, -0.2) is 18.5 Å². The van der Waals surface area contributed by atoms with E-state index in [1.54, 1.807) is 0 Å². The number of hydrogen-bond donors (Lipinski definition) is 2. The fraction of sp³-hybridized carbons (Fsp3) is 0.353. The van der Waals surface area contributed by atoms with E-state index >= 15 is 0 Å². The van der Waals surface area contributed by atoms with Gasteiger partial charge in [-0.25, -0.2) is 0 Å². The minimum atomic E-state index is -0.00999. The Morgan fingerprint density at radius 3 is 2.80 bits per heavy atom. The van der Waals surface area contributed by atoms with E-state index in [0.29, 0.717) is 6.54 Å². The predicted octanol–water partition coefficient (Wildman–Crippen LogP) is 2.60. The molecule has 0 saturated carbocycles. The van der Waals surface area contributed by atoms with E-state index < -0.39 is 0 Å². The minimum Gasteiger partial charge on any atom is -0.351 e. The Hall–Kier alpha value is -1.87. The van der Waals surface area contributed by atoms with Crippen molar-refractivity contribution in [2.45, 2.75) is 31.8 Å². The summed E-state index contributed by atoms with van der Waals surface area (Å²) in [5, 5.41) is 8.76. The first-order chi connectivity index (χ1) is 9.83. The standard InChI is InChI=1S/C17H20N2O/c20-17(16-7-3-4-10-18-16)19-12-13-8-9-14-5-1-2-6-15(14)11-13/h1-2,5-6,8-9,11,16,18H,3-4,7,10,12H2,(H,19,20). The summed E-state index contributed by atoms with van der Waals surface area (Å²) in [5.41, 5.74) is 1.15. The van der Waals surface area contributed by atoms with Crippen LogP contribution in [-0.2, 0) is 11.3 Å². The number of nitrogens with one attached hydrogen (secondary N) is 2. The molecule has 0 spiro atoms. The predicted molar refractivity (Wildman–Crippen MR) is 81.4 cm³/mol. The van der Waals surface area contributed by atoms with E-state index in [2.05, 4.69) is 41.0 Å². The van der Waals surface area contributed by atoms with Crippen molar-refractivity contribution in [3.05, 3.63) is 48.0 Å². The number of hydrogen-bond acceptors (Lipinski definition) is 2. The topological polar surface area (TPSA) is 41.1 Å². The Morgan fingerprint density at radius 1 is 1.15 bits per heavy atom. The van der Waals surface area contributed by atoms with Gasteiger partial charge in [-0.05, 0) is 41.8 Å². The number of carbonyl (C=O) groups excluding carboxylic acids is 1. The normalized spacial score (nSPS) is 18.9. The third-order valence-electron chi connectivity index (χ3n) is 3.91. The molecular weight excluding hydrogens is 248 g/mol. The van der Waals surface area contributed by atoms with Crippen LogP contribution in [0.3, 0.4) is 0 Å². The van der Waals surface area contributed by atoms with E-state index in [-0.39, 0.29) is 11.9 Å². The van der Waals surface area contributed by atoms with Crippen LogP contribution in [0.5, 0.6) is 0 Å². The lowest BCUT2D eigenvalue weighted by atomic mass is 10.0. The van der Waals surface area contributed by atoms with Gasteiger partial charge in [-0.2, -0.15) is 0 Å². The molecule has 2 aromatic carbocycles. The van der Waals surface area contributed by atoms with Crippen molar-refractivity contribution < 1.29 is 4.79 Å². The van der Waals surface area contributed by atoms with E-state index in [1.165, 1.54) is 17.2 Å². The molecule has 2 N–H and O–H groups in total. The highest BCUT2D eigenvalue weighted by Crippen LogP contribution is 2.15. The van der Waals surface area contributed by atoms with Crippen molar-refractivity contribution in [2.24, 2.45) is 0 Å². The second kappa shape index (κ2) is 6.06. The van der Waals surface area contributed by atoms with Gasteiger partial charge in [0.25, 0.3) is 0 Å². The summed E-state index contributed by atoms with van der Waals surface area (Å²) in [6.07, 6.45) is 3.26. The Bertz CT molecular complexity index is 603. The molecule has 20 heavy (non-hydrogen) atoms. The molecule has 1 heterocycles. The summed E-state index contributed by atoms with van der Waals surface area (Å²) in [7, 11) is 0. The number of rotatable bonds is 3. The van der Waals surface area contributed by atoms with E-state index in [4.69, 9.17) is 0 Å². The third-order valence-corrected chi connectivity index (χ3v) is 3.91. The second-order valence-electron chi connectivity index (χ2n) is 5.40. The van der Waals surface area contributed by atoms with Crippen LogP contribution in [0.2, 0.25) is 0 Å². The first-order valence-electron chi connectivity index (χ1n) is 7.32. The number of carbonyl (C=O) groups is 1. The molecule has 0 aromatic heterocycles. The average Bonchev–Trinajstić information content (AvgIpc) is 2.53. The van der Waals surface area contributed by atoms with Gasteiger partial charge in [0.05, 0.1) is 6.04 Å². The molecule has 1 aliphatic heterocycles. The Kier molecular flexibility index (Phi) is 3.97. The van der Waals surface area contributed by atoms with Gasteiger partial charge in [0.15, 0.2) is 0 Å². The molecule has 1 atom stereocenters. The van der Waals surface area contributed by atoms with Crippen LogP contribution in [0, 0.1) is 0 Å². The van der Waals surface area contributed by atoms with Crippen molar-refractivity contribution in [2.75, 3.05) is 6.54 Å². The Morgan fingerprint density at radius 2 is 2.00 bits per heavy atom. The number of benzene rings is 2. The molecule has 3 rings (SSSR count). The molecule has 2 aromatic rings. The zero-order valence-corrected chi connectivity index (χ0v) is 11.6. The van der Waals surface area contributed by atoms with Crippen LogP contribution < -0.4 is 10.6 Å². The first kappa shape index (κ1) is 13.1. The fourth-order valence-corrected chi connectivity index (χ4v) is 2.74. The smallest absolute Gasteiger partial charge is 0.237 e. The molecule has 3 heteroatoms. The highest BCUT2D eigenvalue weighted by atomic mass is 16.2. The molecule has 3 nitrogen and oxygen atoms in total. The van der Waals surface area contributed by atoms with Crippen molar-refractivity contribution in [3.63, 3.8) is 0 Å². The van der Waals surface area contributed by atoms with Gasteiger partial charge in [-0.15, -0.1) is 0 Å².